The first-order valence-corrected chi connectivity index (χ1v) is 6.31. The molecule has 6 heteroatoms. The first kappa shape index (κ1) is 12.9. The van der Waals surface area contributed by atoms with Crippen LogP contribution in [-0.4, -0.2) is 57.7 Å². The molecule has 2 rings (SSSR count). The molecule has 0 radical (unpaired) electrons. The Labute approximate surface area is 107 Å². The van der Waals surface area contributed by atoms with Crippen LogP contribution in [0.5, 0.6) is 0 Å². The second-order valence-corrected chi connectivity index (χ2v) is 5.03. The number of amides is 1. The third-order valence-corrected chi connectivity index (χ3v) is 3.39. The second-order valence-electron chi connectivity index (χ2n) is 5.03. The molecule has 1 aromatic rings. The standard InChI is InChI=1S/C12H21N5O/c1-9(2)16-4-6-17(7-5-16)12(18)11-10(13)8-15(3)14-11/h8-9H,4-7,13H2,1-3H3. The molecule has 1 aliphatic heterocycles. The molecule has 0 atom stereocenters. The summed E-state index contributed by atoms with van der Waals surface area (Å²) in [5.41, 5.74) is 6.61. The second kappa shape index (κ2) is 4.97. The van der Waals surface area contributed by atoms with E-state index in [2.05, 4.69) is 23.8 Å². The molecule has 2 heterocycles. The zero-order valence-corrected chi connectivity index (χ0v) is 11.3. The van der Waals surface area contributed by atoms with Gasteiger partial charge < -0.3 is 10.6 Å². The highest BCUT2D eigenvalue weighted by atomic mass is 16.2. The predicted molar refractivity (Wildman–Crippen MR) is 70.2 cm³/mol. The van der Waals surface area contributed by atoms with E-state index in [9.17, 15) is 4.79 Å². The lowest BCUT2D eigenvalue weighted by molar-refractivity contribution is 0.0590. The molecule has 0 spiro atoms. The minimum absolute atomic E-state index is 0.0588. The molecule has 0 unspecified atom stereocenters. The summed E-state index contributed by atoms with van der Waals surface area (Å²) in [5.74, 6) is -0.0588. The van der Waals surface area contributed by atoms with Gasteiger partial charge in [0.05, 0.1) is 5.69 Å². The molecule has 1 aromatic heterocycles. The van der Waals surface area contributed by atoms with Crippen molar-refractivity contribution in [3.63, 3.8) is 0 Å². The van der Waals surface area contributed by atoms with Gasteiger partial charge in [-0.3, -0.25) is 14.4 Å². The number of carbonyl (C=O) groups is 1. The van der Waals surface area contributed by atoms with Gasteiger partial charge in [-0.15, -0.1) is 0 Å². The molecule has 0 aromatic carbocycles. The van der Waals surface area contributed by atoms with Crippen molar-refractivity contribution in [2.75, 3.05) is 31.9 Å². The molecule has 100 valence electrons. The summed E-state index contributed by atoms with van der Waals surface area (Å²) in [7, 11) is 1.77. The van der Waals surface area contributed by atoms with Gasteiger partial charge in [0, 0.05) is 45.5 Å². The maximum Gasteiger partial charge on any atom is 0.276 e. The van der Waals surface area contributed by atoms with Gasteiger partial charge in [0.25, 0.3) is 5.91 Å². The summed E-state index contributed by atoms with van der Waals surface area (Å²) < 4.78 is 1.58. The summed E-state index contributed by atoms with van der Waals surface area (Å²) in [6.07, 6.45) is 1.66. The van der Waals surface area contributed by atoms with Gasteiger partial charge >= 0.3 is 0 Å². The van der Waals surface area contributed by atoms with Crippen LogP contribution >= 0.6 is 0 Å². The average molecular weight is 251 g/mol. The molecule has 1 aliphatic rings. The Morgan fingerprint density at radius 2 is 1.94 bits per heavy atom. The van der Waals surface area contributed by atoms with Gasteiger partial charge in [0.2, 0.25) is 0 Å². The van der Waals surface area contributed by atoms with Crippen molar-refractivity contribution in [2.24, 2.45) is 7.05 Å². The van der Waals surface area contributed by atoms with Gasteiger partial charge in [-0.25, -0.2) is 0 Å². The zero-order valence-electron chi connectivity index (χ0n) is 11.3. The lowest BCUT2D eigenvalue weighted by atomic mass is 10.2. The van der Waals surface area contributed by atoms with Crippen molar-refractivity contribution in [1.82, 2.24) is 19.6 Å². The van der Waals surface area contributed by atoms with E-state index in [0.29, 0.717) is 17.4 Å². The van der Waals surface area contributed by atoms with Crippen LogP contribution in [0, 0.1) is 0 Å². The Kier molecular flexibility index (Phi) is 3.56. The van der Waals surface area contributed by atoms with Gasteiger partial charge in [-0.2, -0.15) is 5.10 Å². The van der Waals surface area contributed by atoms with Crippen LogP contribution in [0.15, 0.2) is 6.20 Å². The Hall–Kier alpha value is -1.56. The number of aryl methyl sites for hydroxylation is 1. The Morgan fingerprint density at radius 3 is 2.39 bits per heavy atom. The van der Waals surface area contributed by atoms with E-state index < -0.39 is 0 Å². The van der Waals surface area contributed by atoms with Gasteiger partial charge in [-0.1, -0.05) is 0 Å². The lowest BCUT2D eigenvalue weighted by Gasteiger charge is -2.36. The summed E-state index contributed by atoms with van der Waals surface area (Å²) in [6.45, 7) is 7.66. The normalized spacial score (nSPS) is 17.4. The van der Waals surface area contributed by atoms with E-state index in [4.69, 9.17) is 5.73 Å². The fourth-order valence-corrected chi connectivity index (χ4v) is 2.26. The Bertz CT molecular complexity index is 432. The zero-order chi connectivity index (χ0) is 13.3. The van der Waals surface area contributed by atoms with Gasteiger partial charge in [-0.05, 0) is 13.8 Å². The molecular formula is C12H21N5O. The first-order chi connectivity index (χ1) is 8.49. The average Bonchev–Trinajstić information content (AvgIpc) is 2.67. The van der Waals surface area contributed by atoms with Crippen LogP contribution in [-0.2, 0) is 7.05 Å². The van der Waals surface area contributed by atoms with E-state index >= 15 is 0 Å². The fourth-order valence-electron chi connectivity index (χ4n) is 2.26. The van der Waals surface area contributed by atoms with Crippen molar-refractivity contribution in [2.45, 2.75) is 19.9 Å². The van der Waals surface area contributed by atoms with Crippen molar-refractivity contribution in [3.05, 3.63) is 11.9 Å². The third kappa shape index (κ3) is 2.48. The van der Waals surface area contributed by atoms with Crippen LogP contribution < -0.4 is 5.73 Å². The van der Waals surface area contributed by atoms with Crippen LogP contribution in [0.1, 0.15) is 24.3 Å². The highest BCUT2D eigenvalue weighted by Crippen LogP contribution is 2.14. The van der Waals surface area contributed by atoms with Crippen molar-refractivity contribution >= 4 is 11.6 Å². The summed E-state index contributed by atoms with van der Waals surface area (Å²) in [4.78, 5) is 16.5. The topological polar surface area (TPSA) is 67.4 Å². The predicted octanol–water partition coefficient (Wildman–Crippen LogP) is 0.169. The summed E-state index contributed by atoms with van der Waals surface area (Å²) in [5, 5.41) is 4.13. The third-order valence-electron chi connectivity index (χ3n) is 3.39. The number of hydrogen-bond donors (Lipinski definition) is 1. The van der Waals surface area contributed by atoms with Crippen molar-refractivity contribution in [3.8, 4) is 0 Å². The molecule has 0 bridgehead atoms. The fraction of sp³-hybridized carbons (Fsp3) is 0.667. The van der Waals surface area contributed by atoms with Gasteiger partial charge in [0.15, 0.2) is 5.69 Å². The number of nitrogens with two attached hydrogens (primary N) is 1. The van der Waals surface area contributed by atoms with E-state index in [0.717, 1.165) is 26.2 Å². The summed E-state index contributed by atoms with van der Waals surface area (Å²) >= 11 is 0. The minimum Gasteiger partial charge on any atom is -0.396 e. The monoisotopic (exact) mass is 251 g/mol. The molecule has 6 nitrogen and oxygen atoms in total. The number of anilines is 1. The first-order valence-electron chi connectivity index (χ1n) is 6.31. The highest BCUT2D eigenvalue weighted by molar-refractivity contribution is 5.97. The lowest BCUT2D eigenvalue weighted by Crippen LogP contribution is -2.50. The smallest absolute Gasteiger partial charge is 0.276 e. The quantitative estimate of drug-likeness (QED) is 0.813. The minimum atomic E-state index is -0.0588. The molecule has 18 heavy (non-hydrogen) atoms. The number of aromatic nitrogens is 2. The Balaban J connectivity index is 2.02. The number of hydrogen-bond acceptors (Lipinski definition) is 4. The van der Waals surface area contributed by atoms with E-state index in [1.165, 1.54) is 0 Å². The molecule has 1 amide bonds. The molecule has 1 fully saturated rings. The van der Waals surface area contributed by atoms with Crippen molar-refractivity contribution in [1.29, 1.82) is 0 Å². The summed E-state index contributed by atoms with van der Waals surface area (Å²) in [6, 6.07) is 0.530. The van der Waals surface area contributed by atoms with Crippen LogP contribution in [0.4, 0.5) is 5.69 Å². The molecule has 0 saturated carbocycles. The maximum atomic E-state index is 12.3. The van der Waals surface area contributed by atoms with E-state index in [1.807, 2.05) is 4.90 Å². The number of piperazine rings is 1. The molecule has 2 N–H and O–H groups in total. The number of rotatable bonds is 2. The highest BCUT2D eigenvalue weighted by Gasteiger charge is 2.26. The van der Waals surface area contributed by atoms with Gasteiger partial charge in [0.1, 0.15) is 0 Å². The largest absolute Gasteiger partial charge is 0.396 e. The maximum absolute atomic E-state index is 12.3. The molecule has 0 aliphatic carbocycles. The van der Waals surface area contributed by atoms with E-state index in [1.54, 1.807) is 17.9 Å². The van der Waals surface area contributed by atoms with Crippen LogP contribution in [0.3, 0.4) is 0 Å². The Morgan fingerprint density at radius 1 is 1.33 bits per heavy atom. The number of nitrogen functional groups attached to an aromatic ring is 1. The molecular weight excluding hydrogens is 230 g/mol. The molecule has 1 saturated heterocycles. The van der Waals surface area contributed by atoms with Crippen molar-refractivity contribution < 1.29 is 4.79 Å². The van der Waals surface area contributed by atoms with E-state index in [-0.39, 0.29) is 5.91 Å². The van der Waals surface area contributed by atoms with Crippen LogP contribution in [0.2, 0.25) is 0 Å². The number of carbonyl (C=O) groups excluding carboxylic acids is 1. The van der Waals surface area contributed by atoms with Crippen LogP contribution in [0.25, 0.3) is 0 Å². The SMILES string of the molecule is CC(C)N1CCN(C(=O)c2nn(C)cc2N)CC1. The number of nitrogens with zero attached hydrogens (tertiary/aromatic N) is 4.